The van der Waals surface area contributed by atoms with Crippen molar-refractivity contribution in [1.29, 1.82) is 0 Å². The van der Waals surface area contributed by atoms with Crippen molar-refractivity contribution in [2.45, 2.75) is 64.2 Å². The molecule has 1 amide bonds. The summed E-state index contributed by atoms with van der Waals surface area (Å²) in [6.45, 7) is 4.00. The minimum Gasteiger partial charge on any atom is -0.341 e. The van der Waals surface area contributed by atoms with Crippen molar-refractivity contribution in [3.63, 3.8) is 0 Å². The van der Waals surface area contributed by atoms with Crippen LogP contribution >= 0.6 is 11.3 Å². The van der Waals surface area contributed by atoms with E-state index in [2.05, 4.69) is 10.3 Å². The van der Waals surface area contributed by atoms with Gasteiger partial charge >= 0.3 is 0 Å². The summed E-state index contributed by atoms with van der Waals surface area (Å²) in [5, 5.41) is 4.25. The van der Waals surface area contributed by atoms with Crippen molar-refractivity contribution in [1.82, 2.24) is 19.8 Å². The average Bonchev–Trinajstić information content (AvgIpc) is 3.08. The van der Waals surface area contributed by atoms with Gasteiger partial charge in [0.15, 0.2) is 0 Å². The van der Waals surface area contributed by atoms with Crippen molar-refractivity contribution in [3.05, 3.63) is 27.1 Å². The van der Waals surface area contributed by atoms with Gasteiger partial charge in [0.2, 0.25) is 5.91 Å². The topological polar surface area (TPSA) is 67.2 Å². The third kappa shape index (κ3) is 2.89. The molecule has 0 saturated carbocycles. The number of aryl methyl sites for hydroxylation is 2. The number of nitrogens with zero attached hydrogens (tertiary/aromatic N) is 3. The molecule has 1 N–H and O–H groups in total. The lowest BCUT2D eigenvalue weighted by molar-refractivity contribution is -0.133. The van der Waals surface area contributed by atoms with Crippen LogP contribution < -0.4 is 10.9 Å². The molecular formula is C18H24N4O2S. The van der Waals surface area contributed by atoms with E-state index >= 15 is 0 Å². The van der Waals surface area contributed by atoms with Gasteiger partial charge in [-0.1, -0.05) is 0 Å². The molecule has 2 unspecified atom stereocenters. The fraction of sp³-hybridized carbons (Fsp3) is 0.611. The third-order valence-electron chi connectivity index (χ3n) is 5.85. The van der Waals surface area contributed by atoms with Crippen molar-refractivity contribution in [3.8, 4) is 0 Å². The predicted molar refractivity (Wildman–Crippen MR) is 99.1 cm³/mol. The van der Waals surface area contributed by atoms with Crippen LogP contribution in [0.3, 0.4) is 0 Å². The Morgan fingerprint density at radius 3 is 2.72 bits per heavy atom. The Balaban J connectivity index is 1.54. The smallest absolute Gasteiger partial charge is 0.262 e. The lowest BCUT2D eigenvalue weighted by Gasteiger charge is -2.35. The van der Waals surface area contributed by atoms with E-state index in [0.29, 0.717) is 17.5 Å². The van der Waals surface area contributed by atoms with E-state index in [-0.39, 0.29) is 24.1 Å². The SMILES string of the molecule is Cc1sc2ncn(CC(=O)N(C)C3CC4CCC(C3)N4)c(=O)c2c1C. The summed E-state index contributed by atoms with van der Waals surface area (Å²) in [7, 11) is 1.87. The average molecular weight is 360 g/mol. The maximum atomic E-state index is 12.8. The van der Waals surface area contributed by atoms with Crippen LogP contribution in [0.25, 0.3) is 10.2 Å². The number of rotatable bonds is 3. The highest BCUT2D eigenvalue weighted by Gasteiger charge is 2.36. The first-order valence-electron chi connectivity index (χ1n) is 8.91. The largest absolute Gasteiger partial charge is 0.341 e. The first kappa shape index (κ1) is 16.7. The summed E-state index contributed by atoms with van der Waals surface area (Å²) < 4.78 is 1.45. The van der Waals surface area contributed by atoms with Crippen LogP contribution in [0.15, 0.2) is 11.1 Å². The van der Waals surface area contributed by atoms with Gasteiger partial charge in [-0.3, -0.25) is 14.2 Å². The van der Waals surface area contributed by atoms with E-state index in [4.69, 9.17) is 0 Å². The zero-order chi connectivity index (χ0) is 17.7. The van der Waals surface area contributed by atoms with Crippen molar-refractivity contribution in [2.24, 2.45) is 0 Å². The molecule has 2 saturated heterocycles. The zero-order valence-corrected chi connectivity index (χ0v) is 15.7. The summed E-state index contributed by atoms with van der Waals surface area (Å²) in [6, 6.07) is 1.34. The van der Waals surface area contributed by atoms with E-state index in [0.717, 1.165) is 28.1 Å². The molecule has 2 fully saturated rings. The number of hydrogen-bond donors (Lipinski definition) is 1. The van der Waals surface area contributed by atoms with Crippen LogP contribution in [0, 0.1) is 13.8 Å². The summed E-state index contributed by atoms with van der Waals surface area (Å²) in [4.78, 5) is 33.6. The van der Waals surface area contributed by atoms with Crippen LogP contribution in [0.4, 0.5) is 0 Å². The molecule has 2 aromatic heterocycles. The monoisotopic (exact) mass is 360 g/mol. The number of carbonyl (C=O) groups is 1. The molecule has 25 heavy (non-hydrogen) atoms. The van der Waals surface area contributed by atoms with Gasteiger partial charge in [0, 0.05) is 30.1 Å². The first-order valence-corrected chi connectivity index (χ1v) is 9.72. The number of hydrogen-bond acceptors (Lipinski definition) is 5. The molecule has 0 aromatic carbocycles. The Hall–Kier alpha value is -1.73. The highest BCUT2D eigenvalue weighted by molar-refractivity contribution is 7.18. The van der Waals surface area contributed by atoms with E-state index < -0.39 is 0 Å². The second-order valence-electron chi connectivity index (χ2n) is 7.41. The standard InChI is InChI=1S/C18H24N4O2S/c1-10-11(2)25-17-16(10)18(24)22(9-19-17)8-15(23)21(3)14-6-12-4-5-13(7-14)20-12/h9,12-14,20H,4-8H2,1-3H3. The van der Waals surface area contributed by atoms with Gasteiger partial charge < -0.3 is 10.2 Å². The highest BCUT2D eigenvalue weighted by atomic mass is 32.1. The molecule has 2 aliphatic rings. The zero-order valence-electron chi connectivity index (χ0n) is 14.9. The van der Waals surface area contributed by atoms with Gasteiger partial charge in [-0.05, 0) is 45.1 Å². The van der Waals surface area contributed by atoms with Crippen LogP contribution in [-0.4, -0.2) is 45.5 Å². The Bertz CT molecular complexity index is 875. The van der Waals surface area contributed by atoms with Gasteiger partial charge in [0.25, 0.3) is 5.56 Å². The molecule has 6 nitrogen and oxygen atoms in total. The van der Waals surface area contributed by atoms with E-state index in [1.807, 2.05) is 25.8 Å². The molecule has 2 atom stereocenters. The maximum Gasteiger partial charge on any atom is 0.262 e. The Morgan fingerprint density at radius 2 is 2.04 bits per heavy atom. The van der Waals surface area contributed by atoms with E-state index in [9.17, 15) is 9.59 Å². The van der Waals surface area contributed by atoms with Gasteiger partial charge in [0.05, 0.1) is 11.7 Å². The molecule has 2 aromatic rings. The van der Waals surface area contributed by atoms with Crippen molar-refractivity contribution >= 4 is 27.5 Å². The maximum absolute atomic E-state index is 12.8. The minimum atomic E-state index is -0.112. The van der Waals surface area contributed by atoms with Crippen LogP contribution in [-0.2, 0) is 11.3 Å². The Labute approximate surface area is 150 Å². The van der Waals surface area contributed by atoms with Crippen LogP contribution in [0.2, 0.25) is 0 Å². The van der Waals surface area contributed by atoms with Gasteiger partial charge in [-0.2, -0.15) is 0 Å². The number of nitrogens with one attached hydrogen (secondary N) is 1. The van der Waals surface area contributed by atoms with Crippen molar-refractivity contribution < 1.29 is 4.79 Å². The van der Waals surface area contributed by atoms with Crippen LogP contribution in [0.1, 0.15) is 36.1 Å². The van der Waals surface area contributed by atoms with Crippen LogP contribution in [0.5, 0.6) is 0 Å². The summed E-state index contributed by atoms with van der Waals surface area (Å²) >= 11 is 1.53. The molecule has 134 valence electrons. The Kier molecular flexibility index (Phi) is 4.16. The molecule has 4 rings (SSSR count). The van der Waals surface area contributed by atoms with Gasteiger partial charge in [-0.25, -0.2) is 4.98 Å². The number of carbonyl (C=O) groups excluding carboxylic acids is 1. The molecule has 0 aliphatic carbocycles. The molecule has 0 radical (unpaired) electrons. The molecule has 2 bridgehead atoms. The van der Waals surface area contributed by atoms with Crippen molar-refractivity contribution in [2.75, 3.05) is 7.05 Å². The first-order chi connectivity index (χ1) is 11.9. The number of thiophene rings is 1. The third-order valence-corrected chi connectivity index (χ3v) is 6.97. The molecule has 4 heterocycles. The molecule has 2 aliphatic heterocycles. The lowest BCUT2D eigenvalue weighted by Crippen LogP contribution is -2.49. The predicted octanol–water partition coefficient (Wildman–Crippen LogP) is 1.82. The summed E-state index contributed by atoms with van der Waals surface area (Å²) in [5.41, 5.74) is 0.863. The number of likely N-dealkylation sites (N-methyl/N-ethyl adjacent to an activating group) is 1. The molecule has 0 spiro atoms. The number of fused-ring (bicyclic) bond motifs is 3. The van der Waals surface area contributed by atoms with E-state index in [1.165, 1.54) is 35.1 Å². The summed E-state index contributed by atoms with van der Waals surface area (Å²) in [5.74, 6) is -0.0147. The van der Waals surface area contributed by atoms with E-state index in [1.54, 1.807) is 0 Å². The summed E-state index contributed by atoms with van der Waals surface area (Å²) in [6.07, 6.45) is 5.94. The normalized spacial score (nSPS) is 25.5. The number of aromatic nitrogens is 2. The Morgan fingerprint density at radius 1 is 1.36 bits per heavy atom. The molecule has 7 heteroatoms. The number of piperidine rings is 1. The van der Waals surface area contributed by atoms with Gasteiger partial charge in [-0.15, -0.1) is 11.3 Å². The molecular weight excluding hydrogens is 336 g/mol. The fourth-order valence-corrected chi connectivity index (χ4v) is 5.17. The van der Waals surface area contributed by atoms with Gasteiger partial charge in [0.1, 0.15) is 11.4 Å². The second kappa shape index (κ2) is 6.21. The fourth-order valence-electron chi connectivity index (χ4n) is 4.19. The lowest BCUT2D eigenvalue weighted by atomic mass is 9.98. The number of amides is 1. The second-order valence-corrected chi connectivity index (χ2v) is 8.61. The highest BCUT2D eigenvalue weighted by Crippen LogP contribution is 2.29. The quantitative estimate of drug-likeness (QED) is 0.907. The minimum absolute atomic E-state index is 0.0147.